The number of hydrogen-bond acceptors (Lipinski definition) is 4. The smallest absolute Gasteiger partial charge is 0.271 e. The van der Waals surface area contributed by atoms with Crippen molar-refractivity contribution in [2.24, 2.45) is 0 Å². The van der Waals surface area contributed by atoms with Crippen LogP contribution in [-0.2, 0) is 4.79 Å². The zero-order valence-electron chi connectivity index (χ0n) is 12.9. The standard InChI is InChI=1S/C16H17N5O2S/c22-15(17-14-8-12(18-20-14)9-1-2-9)5-6-24-10-3-4-11-13(7-10)19-21-16(11)23/h3-4,7-9H,1-2,5-6H2,(H2,19,21,23)(H2,17,18,20,22). The largest absolute Gasteiger partial charge is 0.309 e. The third kappa shape index (κ3) is 3.23. The molecule has 4 rings (SSSR count). The summed E-state index contributed by atoms with van der Waals surface area (Å²) in [4.78, 5) is 24.5. The van der Waals surface area contributed by atoms with Crippen molar-refractivity contribution in [3.63, 3.8) is 0 Å². The number of aromatic amines is 3. The van der Waals surface area contributed by atoms with Gasteiger partial charge in [0.25, 0.3) is 5.56 Å². The molecule has 1 aliphatic rings. The zero-order chi connectivity index (χ0) is 16.5. The summed E-state index contributed by atoms with van der Waals surface area (Å²) in [5.74, 6) is 1.80. The van der Waals surface area contributed by atoms with Crippen LogP contribution in [0.1, 0.15) is 30.9 Å². The van der Waals surface area contributed by atoms with E-state index in [2.05, 4.69) is 25.7 Å². The van der Waals surface area contributed by atoms with Gasteiger partial charge in [-0.15, -0.1) is 11.8 Å². The SMILES string of the molecule is O=C(CCSc1ccc2c(=O)[nH][nH]c2c1)Nc1cc(C2CC2)[nH]n1. The molecule has 0 aliphatic heterocycles. The molecule has 1 aromatic carbocycles. The van der Waals surface area contributed by atoms with E-state index in [4.69, 9.17) is 0 Å². The highest BCUT2D eigenvalue weighted by Gasteiger charge is 2.25. The normalized spacial score (nSPS) is 14.2. The maximum atomic E-state index is 12.0. The minimum absolute atomic E-state index is 0.0486. The van der Waals surface area contributed by atoms with Crippen LogP contribution in [0, 0.1) is 0 Å². The number of benzene rings is 1. The van der Waals surface area contributed by atoms with E-state index >= 15 is 0 Å². The number of rotatable bonds is 6. The fourth-order valence-electron chi connectivity index (χ4n) is 2.58. The Morgan fingerprint density at radius 1 is 1.29 bits per heavy atom. The highest BCUT2D eigenvalue weighted by Crippen LogP contribution is 2.39. The zero-order valence-corrected chi connectivity index (χ0v) is 13.7. The van der Waals surface area contributed by atoms with Crippen molar-refractivity contribution < 1.29 is 4.79 Å². The number of thioether (sulfide) groups is 1. The minimum Gasteiger partial charge on any atom is -0.309 e. The Balaban J connectivity index is 1.29. The third-order valence-electron chi connectivity index (χ3n) is 4.03. The van der Waals surface area contributed by atoms with Gasteiger partial charge in [0, 0.05) is 34.7 Å². The van der Waals surface area contributed by atoms with Crippen molar-refractivity contribution in [2.75, 3.05) is 11.1 Å². The number of carbonyl (C=O) groups is 1. The van der Waals surface area contributed by atoms with E-state index in [9.17, 15) is 9.59 Å². The average molecular weight is 343 g/mol. The lowest BCUT2D eigenvalue weighted by Crippen LogP contribution is -2.12. The Morgan fingerprint density at radius 2 is 2.17 bits per heavy atom. The molecule has 0 bridgehead atoms. The summed E-state index contributed by atoms with van der Waals surface area (Å²) in [5.41, 5.74) is 1.76. The molecule has 7 nitrogen and oxygen atoms in total. The topological polar surface area (TPSA) is 106 Å². The fraction of sp³-hybridized carbons (Fsp3) is 0.312. The van der Waals surface area contributed by atoms with Gasteiger partial charge in [-0.2, -0.15) is 5.10 Å². The number of aromatic nitrogens is 4. The van der Waals surface area contributed by atoms with E-state index in [-0.39, 0.29) is 11.5 Å². The molecule has 0 radical (unpaired) electrons. The van der Waals surface area contributed by atoms with Crippen molar-refractivity contribution in [1.29, 1.82) is 0 Å². The monoisotopic (exact) mass is 343 g/mol. The summed E-state index contributed by atoms with van der Waals surface area (Å²) in [6, 6.07) is 7.50. The van der Waals surface area contributed by atoms with Crippen molar-refractivity contribution in [2.45, 2.75) is 30.1 Å². The van der Waals surface area contributed by atoms with Crippen LogP contribution in [0.3, 0.4) is 0 Å². The van der Waals surface area contributed by atoms with Crippen LogP contribution in [0.4, 0.5) is 5.82 Å². The summed E-state index contributed by atoms with van der Waals surface area (Å²) < 4.78 is 0. The molecule has 8 heteroatoms. The summed E-state index contributed by atoms with van der Waals surface area (Å²) in [5, 5.41) is 15.9. The Morgan fingerprint density at radius 3 is 3.00 bits per heavy atom. The fourth-order valence-corrected chi connectivity index (χ4v) is 3.47. The first-order valence-corrected chi connectivity index (χ1v) is 8.86. The van der Waals surface area contributed by atoms with Crippen molar-refractivity contribution in [1.82, 2.24) is 20.4 Å². The molecule has 0 spiro atoms. The maximum absolute atomic E-state index is 12.0. The van der Waals surface area contributed by atoms with E-state index in [0.717, 1.165) is 16.1 Å². The van der Waals surface area contributed by atoms with Crippen LogP contribution in [0.2, 0.25) is 0 Å². The van der Waals surface area contributed by atoms with Crippen LogP contribution >= 0.6 is 11.8 Å². The average Bonchev–Trinajstić information content (AvgIpc) is 3.22. The number of nitrogens with one attached hydrogen (secondary N) is 4. The first-order chi connectivity index (χ1) is 11.7. The van der Waals surface area contributed by atoms with Gasteiger partial charge in [0.05, 0.1) is 10.9 Å². The second-order valence-electron chi connectivity index (χ2n) is 5.92. The van der Waals surface area contributed by atoms with Gasteiger partial charge in [-0.05, 0) is 31.0 Å². The molecule has 2 heterocycles. The molecule has 2 aromatic heterocycles. The molecule has 0 saturated heterocycles. The number of fused-ring (bicyclic) bond motifs is 1. The van der Waals surface area contributed by atoms with Crippen molar-refractivity contribution in [3.05, 3.63) is 40.3 Å². The molecule has 0 unspecified atom stereocenters. The second-order valence-corrected chi connectivity index (χ2v) is 7.08. The molecule has 1 amide bonds. The summed E-state index contributed by atoms with van der Waals surface area (Å²) in [7, 11) is 0. The highest BCUT2D eigenvalue weighted by atomic mass is 32.2. The van der Waals surface area contributed by atoms with Gasteiger partial charge >= 0.3 is 0 Å². The summed E-state index contributed by atoms with van der Waals surface area (Å²) >= 11 is 1.58. The second kappa shape index (κ2) is 6.20. The quantitative estimate of drug-likeness (QED) is 0.516. The third-order valence-corrected chi connectivity index (χ3v) is 5.02. The van der Waals surface area contributed by atoms with Crippen LogP contribution in [-0.4, -0.2) is 32.1 Å². The van der Waals surface area contributed by atoms with Gasteiger partial charge in [0.2, 0.25) is 5.91 Å². The molecule has 124 valence electrons. The van der Waals surface area contributed by atoms with E-state index in [0.29, 0.717) is 29.3 Å². The van der Waals surface area contributed by atoms with E-state index in [1.165, 1.54) is 12.8 Å². The van der Waals surface area contributed by atoms with Gasteiger partial charge in [-0.25, -0.2) is 0 Å². The van der Waals surface area contributed by atoms with Crippen LogP contribution in [0.5, 0.6) is 0 Å². The molecular weight excluding hydrogens is 326 g/mol. The van der Waals surface area contributed by atoms with Crippen LogP contribution in [0.25, 0.3) is 10.9 Å². The molecule has 24 heavy (non-hydrogen) atoms. The first kappa shape index (κ1) is 15.1. The van der Waals surface area contributed by atoms with Crippen molar-refractivity contribution in [3.8, 4) is 0 Å². The molecule has 1 fully saturated rings. The van der Waals surface area contributed by atoms with Gasteiger partial charge in [0.15, 0.2) is 5.82 Å². The van der Waals surface area contributed by atoms with Gasteiger partial charge in [0.1, 0.15) is 0 Å². The Kier molecular flexibility index (Phi) is 3.89. The predicted molar refractivity (Wildman–Crippen MR) is 93.5 cm³/mol. The number of nitrogens with zero attached hydrogens (tertiary/aromatic N) is 1. The number of H-pyrrole nitrogens is 3. The predicted octanol–water partition coefficient (Wildman–Crippen LogP) is 2.58. The number of carbonyl (C=O) groups excluding carboxylic acids is 1. The lowest BCUT2D eigenvalue weighted by molar-refractivity contribution is -0.115. The molecule has 4 N–H and O–H groups in total. The lowest BCUT2D eigenvalue weighted by Gasteiger charge is -2.02. The van der Waals surface area contributed by atoms with Crippen LogP contribution in [0.15, 0.2) is 34.0 Å². The van der Waals surface area contributed by atoms with E-state index < -0.39 is 0 Å². The maximum Gasteiger partial charge on any atom is 0.271 e. The number of anilines is 1. The van der Waals surface area contributed by atoms with Crippen LogP contribution < -0.4 is 10.9 Å². The Bertz CT molecular complexity index is 937. The molecular formula is C16H17N5O2S. The lowest BCUT2D eigenvalue weighted by atomic mass is 10.2. The van der Waals surface area contributed by atoms with Gasteiger partial charge < -0.3 is 5.32 Å². The molecule has 1 aliphatic carbocycles. The van der Waals surface area contributed by atoms with Gasteiger partial charge in [-0.1, -0.05) is 0 Å². The highest BCUT2D eigenvalue weighted by molar-refractivity contribution is 7.99. The first-order valence-electron chi connectivity index (χ1n) is 7.87. The Hall–Kier alpha value is -2.48. The number of amides is 1. The molecule has 0 atom stereocenters. The van der Waals surface area contributed by atoms with E-state index in [1.54, 1.807) is 17.8 Å². The molecule has 3 aromatic rings. The summed E-state index contributed by atoms with van der Waals surface area (Å²) in [6.45, 7) is 0. The van der Waals surface area contributed by atoms with E-state index in [1.807, 2.05) is 18.2 Å². The molecule has 1 saturated carbocycles. The minimum atomic E-state index is -0.120. The van der Waals surface area contributed by atoms with Crippen molar-refractivity contribution >= 4 is 34.4 Å². The Labute approximate surface area is 141 Å². The summed E-state index contributed by atoms with van der Waals surface area (Å²) in [6.07, 6.45) is 2.80. The van der Waals surface area contributed by atoms with Gasteiger partial charge in [-0.3, -0.25) is 24.9 Å². The number of hydrogen-bond donors (Lipinski definition) is 4.